The summed E-state index contributed by atoms with van der Waals surface area (Å²) in [6, 6.07) is 4.98. The van der Waals surface area contributed by atoms with Crippen molar-refractivity contribution in [3.63, 3.8) is 0 Å². The Morgan fingerprint density at radius 2 is 2.28 bits per heavy atom. The van der Waals surface area contributed by atoms with Crippen LogP contribution in [-0.4, -0.2) is 22.9 Å². The minimum absolute atomic E-state index is 0.140. The normalized spacial score (nSPS) is 23.0. The van der Waals surface area contributed by atoms with E-state index in [0.717, 1.165) is 19.3 Å². The average molecular weight is 268 g/mol. The van der Waals surface area contributed by atoms with Gasteiger partial charge >= 0.3 is 0 Å². The van der Waals surface area contributed by atoms with Gasteiger partial charge in [-0.2, -0.15) is 0 Å². The molecule has 0 aliphatic heterocycles. The smallest absolute Gasteiger partial charge is 0.251 e. The first-order valence-electron chi connectivity index (χ1n) is 6.30. The molecule has 98 valence electrons. The largest absolute Gasteiger partial charge is 0.508 e. The number of nitrogens with one attached hydrogen (secondary N) is 1. The fourth-order valence-electron chi connectivity index (χ4n) is 2.41. The van der Waals surface area contributed by atoms with Crippen molar-refractivity contribution >= 4 is 17.5 Å². The van der Waals surface area contributed by atoms with Gasteiger partial charge in [-0.1, -0.05) is 12.5 Å². The number of amides is 1. The molecule has 1 aromatic carbocycles. The molecular formula is C14H18ClNO2. The quantitative estimate of drug-likeness (QED) is 0.828. The lowest BCUT2D eigenvalue weighted by atomic mass is 10.1. The second-order valence-corrected chi connectivity index (χ2v) is 5.43. The highest BCUT2D eigenvalue weighted by molar-refractivity contribution is 6.21. The number of rotatable bonds is 3. The van der Waals surface area contributed by atoms with Crippen LogP contribution < -0.4 is 5.32 Å². The fourth-order valence-corrected chi connectivity index (χ4v) is 2.78. The Morgan fingerprint density at radius 1 is 1.50 bits per heavy atom. The number of phenols is 1. The summed E-state index contributed by atoms with van der Waals surface area (Å²) < 4.78 is 0. The molecule has 2 N–H and O–H groups in total. The van der Waals surface area contributed by atoms with Crippen molar-refractivity contribution < 1.29 is 9.90 Å². The Morgan fingerprint density at radius 3 is 2.94 bits per heavy atom. The average Bonchev–Trinajstić information content (AvgIpc) is 2.75. The molecule has 2 rings (SSSR count). The lowest BCUT2D eigenvalue weighted by molar-refractivity contribution is 0.0946. The van der Waals surface area contributed by atoms with Crippen LogP contribution in [0, 0.1) is 12.8 Å². The van der Waals surface area contributed by atoms with Gasteiger partial charge in [0.05, 0.1) is 0 Å². The van der Waals surface area contributed by atoms with Crippen LogP contribution in [0.2, 0.25) is 0 Å². The summed E-state index contributed by atoms with van der Waals surface area (Å²) in [5, 5.41) is 12.7. The number of carbonyl (C=O) groups is 1. The van der Waals surface area contributed by atoms with Crippen molar-refractivity contribution in [3.8, 4) is 5.75 Å². The van der Waals surface area contributed by atoms with Gasteiger partial charge in [-0.15, -0.1) is 11.6 Å². The molecule has 0 spiro atoms. The van der Waals surface area contributed by atoms with Gasteiger partial charge in [-0.05, 0) is 37.8 Å². The molecule has 0 bridgehead atoms. The lowest BCUT2D eigenvalue weighted by Gasteiger charge is -2.15. The van der Waals surface area contributed by atoms with Gasteiger partial charge in [-0.3, -0.25) is 4.79 Å². The molecule has 0 aromatic heterocycles. The molecule has 2 atom stereocenters. The van der Waals surface area contributed by atoms with Gasteiger partial charge in [0, 0.05) is 23.0 Å². The first-order valence-corrected chi connectivity index (χ1v) is 6.74. The molecule has 1 aliphatic rings. The minimum atomic E-state index is -0.140. The van der Waals surface area contributed by atoms with Gasteiger partial charge in [0.1, 0.15) is 5.75 Å². The second-order valence-electron chi connectivity index (χ2n) is 4.87. The van der Waals surface area contributed by atoms with Crippen molar-refractivity contribution in [3.05, 3.63) is 29.3 Å². The van der Waals surface area contributed by atoms with Crippen molar-refractivity contribution in [1.29, 1.82) is 0 Å². The molecule has 4 heteroatoms. The van der Waals surface area contributed by atoms with E-state index in [-0.39, 0.29) is 17.0 Å². The van der Waals surface area contributed by atoms with Crippen LogP contribution >= 0.6 is 11.6 Å². The topological polar surface area (TPSA) is 49.3 Å². The van der Waals surface area contributed by atoms with Crippen LogP contribution in [0.5, 0.6) is 5.75 Å². The molecule has 1 amide bonds. The van der Waals surface area contributed by atoms with Gasteiger partial charge in [-0.25, -0.2) is 0 Å². The molecular weight excluding hydrogens is 250 g/mol. The molecule has 3 nitrogen and oxygen atoms in total. The number of aromatic hydroxyl groups is 1. The third-order valence-electron chi connectivity index (χ3n) is 3.64. The third kappa shape index (κ3) is 2.78. The summed E-state index contributed by atoms with van der Waals surface area (Å²) in [5.74, 6) is 0.381. The highest BCUT2D eigenvalue weighted by atomic mass is 35.5. The van der Waals surface area contributed by atoms with Crippen LogP contribution in [0.25, 0.3) is 0 Å². The summed E-state index contributed by atoms with van der Waals surface area (Å²) in [7, 11) is 0. The van der Waals surface area contributed by atoms with Crippen molar-refractivity contribution in [2.75, 3.05) is 6.54 Å². The summed E-state index contributed by atoms with van der Waals surface area (Å²) in [6.07, 6.45) is 3.25. The third-order valence-corrected chi connectivity index (χ3v) is 4.22. The first kappa shape index (κ1) is 13.2. The summed E-state index contributed by atoms with van der Waals surface area (Å²) in [5.41, 5.74) is 1.14. The highest BCUT2D eigenvalue weighted by Gasteiger charge is 2.25. The van der Waals surface area contributed by atoms with E-state index in [1.54, 1.807) is 25.1 Å². The number of alkyl halides is 1. The van der Waals surface area contributed by atoms with E-state index in [0.29, 0.717) is 23.6 Å². The Labute approximate surface area is 112 Å². The zero-order chi connectivity index (χ0) is 13.1. The molecule has 2 unspecified atom stereocenters. The summed E-state index contributed by atoms with van der Waals surface area (Å²) in [4.78, 5) is 12.0. The number of phenolic OH excluding ortho intramolecular Hbond substituents is 1. The number of hydrogen-bond acceptors (Lipinski definition) is 2. The second kappa shape index (κ2) is 5.61. The van der Waals surface area contributed by atoms with Crippen molar-refractivity contribution in [2.45, 2.75) is 31.6 Å². The van der Waals surface area contributed by atoms with E-state index in [4.69, 9.17) is 11.6 Å². The van der Waals surface area contributed by atoms with Crippen LogP contribution in [-0.2, 0) is 0 Å². The monoisotopic (exact) mass is 267 g/mol. The van der Waals surface area contributed by atoms with Crippen molar-refractivity contribution in [1.82, 2.24) is 5.32 Å². The highest BCUT2D eigenvalue weighted by Crippen LogP contribution is 2.29. The molecule has 1 aromatic rings. The maximum absolute atomic E-state index is 12.0. The summed E-state index contributed by atoms with van der Waals surface area (Å²) in [6.45, 7) is 2.35. The lowest BCUT2D eigenvalue weighted by Crippen LogP contribution is -2.31. The maximum Gasteiger partial charge on any atom is 0.251 e. The number of halogens is 1. The molecule has 1 aliphatic carbocycles. The molecule has 1 saturated carbocycles. The van der Waals surface area contributed by atoms with E-state index in [9.17, 15) is 9.90 Å². The van der Waals surface area contributed by atoms with Crippen LogP contribution in [0.15, 0.2) is 18.2 Å². The van der Waals surface area contributed by atoms with E-state index in [1.165, 1.54) is 0 Å². The molecule has 18 heavy (non-hydrogen) atoms. The van der Waals surface area contributed by atoms with Gasteiger partial charge < -0.3 is 10.4 Å². The zero-order valence-electron chi connectivity index (χ0n) is 10.4. The molecule has 0 heterocycles. The predicted octanol–water partition coefficient (Wildman–Crippen LogP) is 2.84. The molecule has 0 saturated heterocycles. The van der Waals surface area contributed by atoms with Crippen molar-refractivity contribution in [2.24, 2.45) is 5.92 Å². The maximum atomic E-state index is 12.0. The Balaban J connectivity index is 1.97. The number of benzene rings is 1. The van der Waals surface area contributed by atoms with Crippen LogP contribution in [0.3, 0.4) is 0 Å². The minimum Gasteiger partial charge on any atom is -0.508 e. The number of carbonyl (C=O) groups excluding carboxylic acids is 1. The Kier molecular flexibility index (Phi) is 4.12. The van der Waals surface area contributed by atoms with E-state index >= 15 is 0 Å². The van der Waals surface area contributed by atoms with Crippen LogP contribution in [0.4, 0.5) is 0 Å². The molecule has 0 radical (unpaired) electrons. The van der Waals surface area contributed by atoms with Gasteiger partial charge in [0.2, 0.25) is 0 Å². The van der Waals surface area contributed by atoms with E-state index in [1.807, 2.05) is 0 Å². The van der Waals surface area contributed by atoms with Gasteiger partial charge in [0.25, 0.3) is 5.91 Å². The van der Waals surface area contributed by atoms with E-state index < -0.39 is 0 Å². The standard InChI is InChI=1S/C14H18ClNO2/c1-9-11(5-3-7-13(9)17)14(18)16-8-10-4-2-6-12(10)15/h3,5,7,10,12,17H,2,4,6,8H2,1H3,(H,16,18). The van der Waals surface area contributed by atoms with E-state index in [2.05, 4.69) is 5.32 Å². The first-order chi connectivity index (χ1) is 8.59. The summed E-state index contributed by atoms with van der Waals surface area (Å²) >= 11 is 6.17. The SMILES string of the molecule is Cc1c(O)cccc1C(=O)NCC1CCCC1Cl. The van der Waals surface area contributed by atoms with Crippen LogP contribution in [0.1, 0.15) is 35.2 Å². The Bertz CT molecular complexity index is 447. The zero-order valence-corrected chi connectivity index (χ0v) is 11.2. The van der Waals surface area contributed by atoms with Gasteiger partial charge in [0.15, 0.2) is 0 Å². The Hall–Kier alpha value is -1.22. The molecule has 1 fully saturated rings. The fraction of sp³-hybridized carbons (Fsp3) is 0.500. The number of hydrogen-bond donors (Lipinski definition) is 2. The predicted molar refractivity (Wildman–Crippen MR) is 72.2 cm³/mol.